The number of carboxylic acids is 1. The number of carbonyl (C=O) groups is 2. The minimum Gasteiger partial charge on any atom is -0.480 e. The largest absolute Gasteiger partial charge is 0.480 e. The van der Waals surface area contributed by atoms with E-state index in [4.69, 9.17) is 28.9 Å². The molecule has 0 aliphatic carbocycles. The molecule has 4 aromatic rings. The van der Waals surface area contributed by atoms with E-state index in [0.29, 0.717) is 54.8 Å². The van der Waals surface area contributed by atoms with Gasteiger partial charge < -0.3 is 29.0 Å². The predicted octanol–water partition coefficient (Wildman–Crippen LogP) is 9.19. The van der Waals surface area contributed by atoms with E-state index in [0.717, 1.165) is 12.8 Å². The maximum atomic E-state index is 17.8. The zero-order valence-electron chi connectivity index (χ0n) is 39.0. The van der Waals surface area contributed by atoms with Gasteiger partial charge in [0.05, 0.1) is 23.0 Å². The first-order valence-corrected chi connectivity index (χ1v) is 24.6. The zero-order chi connectivity index (χ0) is 46.5. The molecule has 3 atom stereocenters. The highest BCUT2D eigenvalue weighted by Gasteiger charge is 2.48. The number of hydrogen-bond donors (Lipinski definition) is 1. The number of hydrogen-bond acceptors (Lipinski definition) is 11. The summed E-state index contributed by atoms with van der Waals surface area (Å²) in [5, 5.41) is 11.6. The number of amides is 1. The maximum Gasteiger partial charge on any atom is 0.410 e. The molecule has 344 valence electrons. The lowest BCUT2D eigenvalue weighted by Gasteiger charge is -2.42. The number of rotatable bonds is 12. The fourth-order valence-electron chi connectivity index (χ4n) is 10.5. The van der Waals surface area contributed by atoms with Crippen molar-refractivity contribution >= 4 is 47.6 Å². The van der Waals surface area contributed by atoms with Crippen LogP contribution in [-0.2, 0) is 14.3 Å². The zero-order valence-corrected chi connectivity index (χ0v) is 40.0. The van der Waals surface area contributed by atoms with Crippen molar-refractivity contribution in [2.24, 2.45) is 0 Å². The van der Waals surface area contributed by atoms with E-state index in [1.165, 1.54) is 19.4 Å². The molecular weight excluding hydrogens is 839 g/mol. The Morgan fingerprint density at radius 1 is 1.00 bits per heavy atom. The first kappa shape index (κ1) is 46.9. The van der Waals surface area contributed by atoms with E-state index in [1.807, 2.05) is 25.7 Å². The van der Waals surface area contributed by atoms with Gasteiger partial charge in [0.15, 0.2) is 18.1 Å². The Morgan fingerprint density at radius 2 is 1.67 bits per heavy atom. The molecule has 64 heavy (non-hydrogen) atoms. The Labute approximate surface area is 375 Å². The number of nitrogens with zero attached hydrogens (tertiary/aromatic N) is 6. The Kier molecular flexibility index (Phi) is 13.2. The van der Waals surface area contributed by atoms with Crippen LogP contribution in [0.3, 0.4) is 0 Å². The summed E-state index contributed by atoms with van der Waals surface area (Å²) in [5.41, 5.74) is 2.62. The standard InChI is InChI=1S/C48H62F2N6O7Si/c1-28(2)64(29(3)4,30(5)6)20-17-35-38(49)16-13-31-21-34(62-27-60-11)22-36(39(31)35)41-40(50)42-37(23-51-41)43(53-45(52-42)61-26-48(44(57)58)18-12-19-54(48)10)55-24-32-14-15-33(25-55)56(32)46(59)63-47(7,8)9/h13,16,21-23,28-30,32-33H,12,14-15,18-19,24-27H2,1-11H3,(H,57,58)/t32-,33+,48-/m0/s1. The monoisotopic (exact) mass is 900 g/mol. The number of fused-ring (bicyclic) bond motifs is 4. The highest BCUT2D eigenvalue weighted by Crippen LogP contribution is 2.43. The van der Waals surface area contributed by atoms with Gasteiger partial charge in [0, 0.05) is 37.3 Å². The van der Waals surface area contributed by atoms with Gasteiger partial charge in [-0.25, -0.2) is 13.6 Å². The second kappa shape index (κ2) is 18.0. The van der Waals surface area contributed by atoms with Crippen LogP contribution in [0.25, 0.3) is 32.9 Å². The van der Waals surface area contributed by atoms with Crippen LogP contribution in [0, 0.1) is 23.1 Å². The number of likely N-dealkylation sites (N-methyl/N-ethyl adjacent to an activating group) is 1. The van der Waals surface area contributed by atoms with Crippen LogP contribution in [0.2, 0.25) is 16.6 Å². The maximum absolute atomic E-state index is 17.8. The van der Waals surface area contributed by atoms with Gasteiger partial charge in [-0.15, -0.1) is 5.54 Å². The smallest absolute Gasteiger partial charge is 0.410 e. The lowest BCUT2D eigenvalue weighted by molar-refractivity contribution is -0.151. The third kappa shape index (κ3) is 8.58. The molecule has 0 radical (unpaired) electrons. The minimum absolute atomic E-state index is 0.0921. The second-order valence-electron chi connectivity index (χ2n) is 19.5. The molecule has 1 amide bonds. The lowest BCUT2D eigenvalue weighted by atomic mass is 9.95. The fraction of sp³-hybridized carbons (Fsp3) is 0.562. The number of anilines is 1. The van der Waals surface area contributed by atoms with Crippen molar-refractivity contribution < 1.29 is 42.4 Å². The number of likely N-dealkylation sites (tertiary alicyclic amines) is 1. The molecule has 3 fully saturated rings. The molecule has 3 aliphatic rings. The van der Waals surface area contributed by atoms with Gasteiger partial charge in [0.2, 0.25) is 0 Å². The van der Waals surface area contributed by atoms with Gasteiger partial charge in [-0.1, -0.05) is 53.5 Å². The molecule has 1 N–H and O–H groups in total. The van der Waals surface area contributed by atoms with E-state index in [9.17, 15) is 14.7 Å². The topological polar surface area (TPSA) is 140 Å². The first-order valence-electron chi connectivity index (χ1n) is 22.3. The van der Waals surface area contributed by atoms with Crippen LogP contribution >= 0.6 is 0 Å². The van der Waals surface area contributed by atoms with Gasteiger partial charge in [-0.2, -0.15) is 9.97 Å². The van der Waals surface area contributed by atoms with E-state index >= 15 is 8.78 Å². The average Bonchev–Trinajstić information content (AvgIpc) is 3.74. The average molecular weight is 901 g/mol. The highest BCUT2D eigenvalue weighted by atomic mass is 28.3. The van der Waals surface area contributed by atoms with Crippen LogP contribution in [0.15, 0.2) is 30.5 Å². The lowest BCUT2D eigenvalue weighted by Crippen LogP contribution is -2.57. The number of benzene rings is 2. The Bertz CT molecular complexity index is 2470. The third-order valence-corrected chi connectivity index (χ3v) is 19.9. The van der Waals surface area contributed by atoms with Gasteiger partial charge >= 0.3 is 18.1 Å². The molecule has 5 heterocycles. The van der Waals surface area contributed by atoms with Crippen molar-refractivity contribution in [1.29, 1.82) is 0 Å². The molecule has 2 aromatic carbocycles. The molecule has 16 heteroatoms. The van der Waals surface area contributed by atoms with Crippen molar-refractivity contribution in [3.63, 3.8) is 0 Å². The van der Waals surface area contributed by atoms with Crippen molar-refractivity contribution in [2.45, 2.75) is 128 Å². The molecule has 2 aromatic heterocycles. The van der Waals surface area contributed by atoms with Crippen molar-refractivity contribution in [1.82, 2.24) is 24.8 Å². The van der Waals surface area contributed by atoms with E-state index in [2.05, 4.69) is 58.0 Å². The molecule has 7 rings (SSSR count). The molecule has 0 spiro atoms. The summed E-state index contributed by atoms with van der Waals surface area (Å²) in [5.74, 6) is 1.58. The number of halogens is 2. The molecule has 3 aliphatic heterocycles. The van der Waals surface area contributed by atoms with Crippen LogP contribution in [-0.4, -0.2) is 120 Å². The molecule has 0 saturated carbocycles. The number of aromatic nitrogens is 3. The summed E-state index contributed by atoms with van der Waals surface area (Å²) in [6.45, 7) is 19.6. The van der Waals surface area contributed by atoms with E-state index in [1.54, 1.807) is 35.0 Å². The van der Waals surface area contributed by atoms with Crippen LogP contribution in [0.5, 0.6) is 11.8 Å². The molecule has 3 saturated heterocycles. The normalized spacial score (nSPS) is 20.4. The van der Waals surface area contributed by atoms with Gasteiger partial charge in [-0.05, 0) is 100 Å². The summed E-state index contributed by atoms with van der Waals surface area (Å²) in [7, 11) is 0.884. The van der Waals surface area contributed by atoms with Gasteiger partial charge in [0.1, 0.15) is 48.9 Å². The number of carbonyl (C=O) groups excluding carboxylic acids is 1. The van der Waals surface area contributed by atoms with Crippen LogP contribution in [0.4, 0.5) is 19.4 Å². The highest BCUT2D eigenvalue weighted by molar-refractivity contribution is 6.90. The Hall–Kier alpha value is -5.11. The number of methoxy groups -OCH3 is 1. The SMILES string of the molecule is COCOc1cc(-c2ncc3c(N4C[C@H]5CC[C@@H](C4)N5C(=O)OC(C)(C)C)nc(OC[C@]4(C(=O)O)CCCN4C)nc3c2F)c2c(C#C[Si](C(C)C)(C(C)C)C(C)C)c(F)ccc2c1. The van der Waals surface area contributed by atoms with E-state index < -0.39 is 36.8 Å². The van der Waals surface area contributed by atoms with Crippen LogP contribution in [0.1, 0.15) is 93.6 Å². The number of pyridine rings is 1. The van der Waals surface area contributed by atoms with Gasteiger partial charge in [-0.3, -0.25) is 19.6 Å². The third-order valence-electron chi connectivity index (χ3n) is 13.6. The summed E-state index contributed by atoms with van der Waals surface area (Å²) in [4.78, 5) is 45.8. The fourth-order valence-corrected chi connectivity index (χ4v) is 15.7. The molecule has 0 unspecified atom stereocenters. The predicted molar refractivity (Wildman–Crippen MR) is 245 cm³/mol. The molecule has 13 nitrogen and oxygen atoms in total. The summed E-state index contributed by atoms with van der Waals surface area (Å²) in [6.07, 6.45) is 3.61. The molecule has 2 bridgehead atoms. The summed E-state index contributed by atoms with van der Waals surface area (Å²) >= 11 is 0. The quantitative estimate of drug-likeness (QED) is 0.0824. The van der Waals surface area contributed by atoms with Crippen molar-refractivity contribution in [3.05, 3.63) is 47.7 Å². The van der Waals surface area contributed by atoms with Crippen LogP contribution < -0.4 is 14.4 Å². The van der Waals surface area contributed by atoms with Crippen molar-refractivity contribution in [3.8, 4) is 34.5 Å². The first-order chi connectivity index (χ1) is 30.2. The summed E-state index contributed by atoms with van der Waals surface area (Å²) in [6, 6.07) is 5.72. The number of piperazine rings is 1. The second-order valence-corrected chi connectivity index (χ2v) is 25.1. The Morgan fingerprint density at radius 3 is 2.25 bits per heavy atom. The minimum atomic E-state index is -2.35. The number of aliphatic carboxylic acids is 1. The number of carboxylic acid groups (broad SMARTS) is 1. The van der Waals surface area contributed by atoms with Gasteiger partial charge in [0.25, 0.3) is 0 Å². The van der Waals surface area contributed by atoms with Crippen molar-refractivity contribution in [2.75, 3.05) is 52.1 Å². The van der Waals surface area contributed by atoms with E-state index in [-0.39, 0.29) is 81.9 Å². The number of ether oxygens (including phenoxy) is 4. The summed E-state index contributed by atoms with van der Waals surface area (Å²) < 4.78 is 57.3. The Balaban J connectivity index is 1.42. The molecular formula is C48H62F2N6O7Si.